The minimum absolute atomic E-state index is 0.630. The summed E-state index contributed by atoms with van der Waals surface area (Å²) in [5.41, 5.74) is 17.2. The van der Waals surface area contributed by atoms with Gasteiger partial charge in [0.15, 0.2) is 11.6 Å². The van der Waals surface area contributed by atoms with Crippen molar-refractivity contribution in [2.24, 2.45) is 0 Å². The highest BCUT2D eigenvalue weighted by Gasteiger charge is 2.51. The third-order valence-corrected chi connectivity index (χ3v) is 11.9. The van der Waals surface area contributed by atoms with Crippen LogP contribution in [0.4, 0.5) is 0 Å². The van der Waals surface area contributed by atoms with Crippen molar-refractivity contribution in [1.29, 1.82) is 0 Å². The number of hydrogen-bond acceptors (Lipinski definition) is 5. The van der Waals surface area contributed by atoms with Crippen molar-refractivity contribution < 1.29 is 4.74 Å². The van der Waals surface area contributed by atoms with Gasteiger partial charge < -0.3 is 4.74 Å². The number of fused-ring (bicyclic) bond motifs is 9. The summed E-state index contributed by atoms with van der Waals surface area (Å²) in [7, 11) is 0. The molecule has 0 radical (unpaired) electrons. The Morgan fingerprint density at radius 3 is 1.59 bits per heavy atom. The summed E-state index contributed by atoms with van der Waals surface area (Å²) in [4.78, 5) is 19.3. The summed E-state index contributed by atoms with van der Waals surface area (Å²) in [6.07, 6.45) is 0. The molecular formula is C54H38N4O. The number of rotatable bonds is 5. The Bertz CT molecular complexity index is 3070. The summed E-state index contributed by atoms with van der Waals surface area (Å²) in [6, 6.07) is 62.6. The highest BCUT2D eigenvalue weighted by molar-refractivity contribution is 5.91. The van der Waals surface area contributed by atoms with Crippen LogP contribution in [0.3, 0.4) is 0 Å². The molecular weight excluding hydrogens is 721 g/mol. The number of ether oxygens (including phenoxy) is 1. The molecule has 11 rings (SSSR count). The standard InChI is InChI=1S/C54H38N4O/c1-33-21-28-41(34(2)55-33)36-22-24-37(25-23-36)42-15-7-8-16-43(42)39-26-29-48-51(32-39)59-50-30-27-40(53-57-35(3)56-52(58-53)38-13-5-4-6-14-38)31-49(50)54(48)46-19-11-9-17-44(46)45-18-10-12-20-47(45)54/h4-32H,1-3H3. The maximum absolute atomic E-state index is 7.03. The van der Waals surface area contributed by atoms with Gasteiger partial charge in [-0.05, 0) is 101 Å². The van der Waals surface area contributed by atoms with Crippen molar-refractivity contribution >= 4 is 0 Å². The second-order valence-electron chi connectivity index (χ2n) is 15.5. The molecule has 5 nitrogen and oxygen atoms in total. The predicted octanol–water partition coefficient (Wildman–Crippen LogP) is 13.0. The van der Waals surface area contributed by atoms with E-state index in [4.69, 9.17) is 24.7 Å². The van der Waals surface area contributed by atoms with Crippen LogP contribution < -0.4 is 4.74 Å². The van der Waals surface area contributed by atoms with E-state index in [0.29, 0.717) is 17.5 Å². The maximum atomic E-state index is 7.03. The molecule has 2 aromatic heterocycles. The van der Waals surface area contributed by atoms with Crippen molar-refractivity contribution in [3.8, 4) is 78.8 Å². The van der Waals surface area contributed by atoms with Crippen LogP contribution in [0, 0.1) is 20.8 Å². The Morgan fingerprint density at radius 1 is 0.356 bits per heavy atom. The summed E-state index contributed by atoms with van der Waals surface area (Å²) in [5, 5.41) is 0. The van der Waals surface area contributed by atoms with Crippen molar-refractivity contribution in [2.45, 2.75) is 26.2 Å². The number of nitrogens with zero attached hydrogens (tertiary/aromatic N) is 4. The molecule has 0 bridgehead atoms. The summed E-state index contributed by atoms with van der Waals surface area (Å²) >= 11 is 0. The molecule has 0 atom stereocenters. The van der Waals surface area contributed by atoms with E-state index < -0.39 is 5.41 Å². The second-order valence-corrected chi connectivity index (χ2v) is 15.5. The number of pyridine rings is 1. The first-order valence-corrected chi connectivity index (χ1v) is 20.0. The smallest absolute Gasteiger partial charge is 0.163 e. The fourth-order valence-electron chi connectivity index (χ4n) is 9.35. The lowest BCUT2D eigenvalue weighted by molar-refractivity contribution is 0.436. The molecule has 1 spiro atoms. The molecule has 0 amide bonds. The Labute approximate surface area is 343 Å². The van der Waals surface area contributed by atoms with Gasteiger partial charge in [0.05, 0.1) is 5.41 Å². The molecule has 3 heterocycles. The van der Waals surface area contributed by atoms with E-state index in [0.717, 1.165) is 78.5 Å². The topological polar surface area (TPSA) is 60.8 Å². The van der Waals surface area contributed by atoms with E-state index in [1.807, 2.05) is 44.2 Å². The zero-order valence-electron chi connectivity index (χ0n) is 32.9. The maximum Gasteiger partial charge on any atom is 0.163 e. The molecule has 1 aliphatic carbocycles. The minimum Gasteiger partial charge on any atom is -0.457 e. The lowest BCUT2D eigenvalue weighted by Crippen LogP contribution is -2.32. The highest BCUT2D eigenvalue weighted by atomic mass is 16.5. The quantitative estimate of drug-likeness (QED) is 0.175. The van der Waals surface area contributed by atoms with Crippen molar-refractivity contribution in [3.63, 3.8) is 0 Å². The first-order chi connectivity index (χ1) is 29.0. The number of hydrogen-bond donors (Lipinski definition) is 0. The highest BCUT2D eigenvalue weighted by Crippen LogP contribution is 2.62. The first kappa shape index (κ1) is 34.7. The molecule has 0 saturated heterocycles. The third-order valence-electron chi connectivity index (χ3n) is 11.9. The molecule has 9 aromatic rings. The molecule has 0 unspecified atom stereocenters. The van der Waals surface area contributed by atoms with Gasteiger partial charge >= 0.3 is 0 Å². The molecule has 0 saturated carbocycles. The van der Waals surface area contributed by atoms with E-state index in [9.17, 15) is 0 Å². The van der Waals surface area contributed by atoms with Gasteiger partial charge in [0.25, 0.3) is 0 Å². The molecule has 59 heavy (non-hydrogen) atoms. The van der Waals surface area contributed by atoms with Crippen molar-refractivity contribution in [3.05, 3.63) is 215 Å². The van der Waals surface area contributed by atoms with Crippen LogP contribution in [0.25, 0.3) is 67.3 Å². The van der Waals surface area contributed by atoms with Crippen molar-refractivity contribution in [1.82, 2.24) is 19.9 Å². The molecule has 0 N–H and O–H groups in total. The van der Waals surface area contributed by atoms with E-state index in [1.165, 1.54) is 22.3 Å². The van der Waals surface area contributed by atoms with Crippen molar-refractivity contribution in [2.75, 3.05) is 0 Å². The zero-order chi connectivity index (χ0) is 39.7. The van der Waals surface area contributed by atoms with Crippen LogP contribution in [0.1, 0.15) is 39.5 Å². The Balaban J connectivity index is 1.07. The summed E-state index contributed by atoms with van der Waals surface area (Å²) in [5.74, 6) is 3.60. The van der Waals surface area contributed by atoms with Gasteiger partial charge in [-0.25, -0.2) is 15.0 Å². The van der Waals surface area contributed by atoms with Gasteiger partial charge in [0, 0.05) is 39.2 Å². The van der Waals surface area contributed by atoms with Crippen LogP contribution in [-0.4, -0.2) is 19.9 Å². The average Bonchev–Trinajstić information content (AvgIpc) is 3.57. The Kier molecular flexibility index (Phi) is 7.99. The molecule has 2 aliphatic rings. The van der Waals surface area contributed by atoms with Crippen LogP contribution in [0.5, 0.6) is 11.5 Å². The van der Waals surface area contributed by atoms with Crippen LogP contribution in [0.15, 0.2) is 176 Å². The largest absolute Gasteiger partial charge is 0.457 e. The van der Waals surface area contributed by atoms with E-state index >= 15 is 0 Å². The third kappa shape index (κ3) is 5.53. The molecule has 5 heteroatoms. The molecule has 0 fully saturated rings. The lowest BCUT2D eigenvalue weighted by atomic mass is 9.65. The first-order valence-electron chi connectivity index (χ1n) is 20.0. The van der Waals surface area contributed by atoms with Gasteiger partial charge in [-0.3, -0.25) is 4.98 Å². The van der Waals surface area contributed by atoms with E-state index in [-0.39, 0.29) is 0 Å². The molecule has 280 valence electrons. The molecule has 1 aliphatic heterocycles. The SMILES string of the molecule is Cc1ccc(-c2ccc(-c3ccccc3-c3ccc4c(c3)Oc3ccc(-c5nc(C)nc(-c6ccccc6)n5)cc3C43c4ccccc4-c4ccccc43)cc2)c(C)n1. The zero-order valence-corrected chi connectivity index (χ0v) is 32.9. The monoisotopic (exact) mass is 758 g/mol. The number of aromatic nitrogens is 4. The lowest BCUT2D eigenvalue weighted by Gasteiger charge is -2.39. The Hall–Kier alpha value is -7.50. The average molecular weight is 759 g/mol. The van der Waals surface area contributed by atoms with Gasteiger partial charge in [0.1, 0.15) is 17.3 Å². The predicted molar refractivity (Wildman–Crippen MR) is 236 cm³/mol. The normalized spacial score (nSPS) is 12.9. The van der Waals surface area contributed by atoms with Gasteiger partial charge in [-0.1, -0.05) is 146 Å². The van der Waals surface area contributed by atoms with Crippen LogP contribution in [0.2, 0.25) is 0 Å². The molecule has 7 aromatic carbocycles. The number of aryl methyl sites for hydroxylation is 3. The van der Waals surface area contributed by atoms with E-state index in [2.05, 4.69) is 153 Å². The van der Waals surface area contributed by atoms with Gasteiger partial charge in [-0.15, -0.1) is 0 Å². The van der Waals surface area contributed by atoms with Gasteiger partial charge in [-0.2, -0.15) is 0 Å². The van der Waals surface area contributed by atoms with Gasteiger partial charge in [0.2, 0.25) is 0 Å². The fraction of sp³-hybridized carbons (Fsp3) is 0.0741. The Morgan fingerprint density at radius 2 is 0.915 bits per heavy atom. The fourth-order valence-corrected chi connectivity index (χ4v) is 9.35. The second kappa shape index (κ2) is 13.6. The van der Waals surface area contributed by atoms with E-state index in [1.54, 1.807) is 0 Å². The van der Waals surface area contributed by atoms with Crippen LogP contribution in [-0.2, 0) is 5.41 Å². The van der Waals surface area contributed by atoms with Crippen LogP contribution >= 0.6 is 0 Å². The number of benzene rings is 7. The minimum atomic E-state index is -0.646. The summed E-state index contributed by atoms with van der Waals surface area (Å²) in [6.45, 7) is 6.03. The summed E-state index contributed by atoms with van der Waals surface area (Å²) < 4.78 is 7.03.